The molecular formula is C12H16N2O2. The molecule has 1 aromatic rings. The molecule has 0 saturated carbocycles. The first-order chi connectivity index (χ1) is 7.72. The molecule has 3 N–H and O–H groups in total. The average Bonchev–Trinajstić information content (AvgIpc) is 2.56. The third kappa shape index (κ3) is 2.02. The first-order valence-corrected chi connectivity index (χ1v) is 5.52. The number of aliphatic hydroxyl groups excluding tert-OH is 1. The minimum absolute atomic E-state index is 0.233. The van der Waals surface area contributed by atoms with Crippen molar-refractivity contribution in [2.75, 3.05) is 6.54 Å². The Kier molecular flexibility index (Phi) is 3.10. The van der Waals surface area contributed by atoms with Crippen molar-refractivity contribution in [3.63, 3.8) is 0 Å². The van der Waals surface area contributed by atoms with E-state index < -0.39 is 6.10 Å². The third-order valence-corrected chi connectivity index (χ3v) is 2.83. The van der Waals surface area contributed by atoms with Gasteiger partial charge in [-0.1, -0.05) is 24.3 Å². The number of fused-ring (bicyclic) bond motifs is 1. The zero-order valence-corrected chi connectivity index (χ0v) is 9.23. The molecular weight excluding hydrogens is 204 g/mol. The Morgan fingerprint density at radius 1 is 1.50 bits per heavy atom. The highest BCUT2D eigenvalue weighted by Crippen LogP contribution is 2.30. The largest absolute Gasteiger partial charge is 0.390 e. The molecule has 0 radical (unpaired) electrons. The van der Waals surface area contributed by atoms with E-state index >= 15 is 0 Å². The minimum atomic E-state index is -0.528. The fourth-order valence-corrected chi connectivity index (χ4v) is 2.10. The van der Waals surface area contributed by atoms with E-state index in [0.717, 1.165) is 11.1 Å². The van der Waals surface area contributed by atoms with Crippen molar-refractivity contribution in [3.05, 3.63) is 35.4 Å². The fraction of sp³-hybridized carbons (Fsp3) is 0.417. The van der Waals surface area contributed by atoms with Crippen LogP contribution in [-0.4, -0.2) is 23.8 Å². The van der Waals surface area contributed by atoms with Crippen molar-refractivity contribution in [2.24, 2.45) is 0 Å². The van der Waals surface area contributed by atoms with Crippen LogP contribution >= 0.6 is 0 Å². The van der Waals surface area contributed by atoms with Gasteiger partial charge in [0.05, 0.1) is 12.1 Å². The molecule has 86 valence electrons. The molecule has 4 nitrogen and oxygen atoms in total. The first kappa shape index (κ1) is 11.0. The predicted molar refractivity (Wildman–Crippen MR) is 61.1 cm³/mol. The van der Waals surface area contributed by atoms with Crippen LogP contribution in [0.4, 0.5) is 4.79 Å². The van der Waals surface area contributed by atoms with Crippen molar-refractivity contribution in [2.45, 2.75) is 25.5 Å². The van der Waals surface area contributed by atoms with Crippen LogP contribution in [0.3, 0.4) is 0 Å². The molecule has 0 aromatic heterocycles. The van der Waals surface area contributed by atoms with Crippen LogP contribution in [0.1, 0.15) is 24.1 Å². The molecule has 0 aliphatic heterocycles. The number of hydrogen-bond acceptors (Lipinski definition) is 2. The molecule has 1 aliphatic rings. The lowest BCUT2D eigenvalue weighted by molar-refractivity contribution is 0.142. The van der Waals surface area contributed by atoms with E-state index in [4.69, 9.17) is 0 Å². The van der Waals surface area contributed by atoms with Crippen LogP contribution in [0.25, 0.3) is 0 Å². The Morgan fingerprint density at radius 2 is 2.25 bits per heavy atom. The Morgan fingerprint density at radius 3 is 3.00 bits per heavy atom. The predicted octanol–water partition coefficient (Wildman–Crippen LogP) is 0.964. The van der Waals surface area contributed by atoms with Crippen LogP contribution in [0, 0.1) is 0 Å². The summed E-state index contributed by atoms with van der Waals surface area (Å²) in [6, 6.07) is 7.27. The van der Waals surface area contributed by atoms with Crippen molar-refractivity contribution in [1.29, 1.82) is 0 Å². The van der Waals surface area contributed by atoms with Gasteiger partial charge in [0.1, 0.15) is 0 Å². The van der Waals surface area contributed by atoms with E-state index in [1.54, 1.807) is 0 Å². The summed E-state index contributed by atoms with van der Waals surface area (Å²) in [5, 5.41) is 15.3. The van der Waals surface area contributed by atoms with Gasteiger partial charge in [-0.05, 0) is 18.1 Å². The summed E-state index contributed by atoms with van der Waals surface area (Å²) in [7, 11) is 0. The van der Waals surface area contributed by atoms with Gasteiger partial charge in [-0.3, -0.25) is 0 Å². The highest BCUT2D eigenvalue weighted by Gasteiger charge is 2.31. The van der Waals surface area contributed by atoms with Gasteiger partial charge >= 0.3 is 6.03 Å². The molecule has 16 heavy (non-hydrogen) atoms. The van der Waals surface area contributed by atoms with E-state index in [-0.39, 0.29) is 12.1 Å². The summed E-state index contributed by atoms with van der Waals surface area (Å²) in [4.78, 5) is 11.4. The summed E-state index contributed by atoms with van der Waals surface area (Å²) < 4.78 is 0. The molecule has 2 rings (SSSR count). The fourth-order valence-electron chi connectivity index (χ4n) is 2.10. The van der Waals surface area contributed by atoms with Gasteiger partial charge in [0, 0.05) is 13.0 Å². The molecule has 2 unspecified atom stereocenters. The van der Waals surface area contributed by atoms with Gasteiger partial charge in [0.15, 0.2) is 0 Å². The lowest BCUT2D eigenvalue weighted by Gasteiger charge is -2.17. The number of urea groups is 1. The molecule has 0 fully saturated rings. The number of carbonyl (C=O) groups is 1. The molecule has 2 amide bonds. The maximum absolute atomic E-state index is 11.4. The number of nitrogens with one attached hydrogen (secondary N) is 2. The summed E-state index contributed by atoms with van der Waals surface area (Å²) in [5.74, 6) is 0. The van der Waals surface area contributed by atoms with Crippen LogP contribution < -0.4 is 10.6 Å². The van der Waals surface area contributed by atoms with E-state index in [1.165, 1.54) is 0 Å². The van der Waals surface area contributed by atoms with Crippen molar-refractivity contribution in [3.8, 4) is 0 Å². The second-order valence-corrected chi connectivity index (χ2v) is 3.95. The number of rotatable bonds is 2. The van der Waals surface area contributed by atoms with Gasteiger partial charge in [0.25, 0.3) is 0 Å². The smallest absolute Gasteiger partial charge is 0.315 e. The monoisotopic (exact) mass is 220 g/mol. The van der Waals surface area contributed by atoms with Crippen molar-refractivity contribution >= 4 is 6.03 Å². The summed E-state index contributed by atoms with van der Waals surface area (Å²) in [6.07, 6.45) is 0.0766. The number of benzene rings is 1. The first-order valence-electron chi connectivity index (χ1n) is 5.52. The number of amides is 2. The van der Waals surface area contributed by atoms with Crippen LogP contribution in [-0.2, 0) is 6.42 Å². The van der Waals surface area contributed by atoms with Crippen LogP contribution in [0.5, 0.6) is 0 Å². The summed E-state index contributed by atoms with van der Waals surface area (Å²) in [5.41, 5.74) is 2.12. The number of carbonyl (C=O) groups excluding carboxylic acids is 1. The standard InChI is InChI=1S/C12H16N2O2/c1-2-13-12(16)14-11-9-6-4-3-5-8(9)7-10(11)15/h3-6,10-11,15H,2,7H2,1H3,(H2,13,14,16). The highest BCUT2D eigenvalue weighted by molar-refractivity contribution is 5.74. The van der Waals surface area contributed by atoms with Crippen LogP contribution in [0.2, 0.25) is 0 Å². The van der Waals surface area contributed by atoms with Crippen molar-refractivity contribution < 1.29 is 9.90 Å². The Bertz CT molecular complexity index is 392. The molecule has 1 aromatic carbocycles. The number of aliphatic hydroxyl groups is 1. The quantitative estimate of drug-likeness (QED) is 0.695. The molecule has 1 aliphatic carbocycles. The van der Waals surface area contributed by atoms with E-state index in [9.17, 15) is 9.90 Å². The molecule has 2 atom stereocenters. The topological polar surface area (TPSA) is 61.4 Å². The summed E-state index contributed by atoms with van der Waals surface area (Å²) in [6.45, 7) is 2.44. The average molecular weight is 220 g/mol. The molecule has 0 bridgehead atoms. The molecule has 0 saturated heterocycles. The van der Waals surface area contributed by atoms with Gasteiger partial charge in [-0.15, -0.1) is 0 Å². The lowest BCUT2D eigenvalue weighted by atomic mass is 10.1. The normalized spacial score (nSPS) is 22.6. The van der Waals surface area contributed by atoms with E-state index in [1.807, 2.05) is 31.2 Å². The Balaban J connectivity index is 2.13. The minimum Gasteiger partial charge on any atom is -0.390 e. The second-order valence-electron chi connectivity index (χ2n) is 3.95. The van der Waals surface area contributed by atoms with E-state index in [2.05, 4.69) is 10.6 Å². The maximum atomic E-state index is 11.4. The van der Waals surface area contributed by atoms with Gasteiger partial charge < -0.3 is 15.7 Å². The Hall–Kier alpha value is -1.55. The van der Waals surface area contributed by atoms with Gasteiger partial charge in [-0.25, -0.2) is 4.79 Å². The van der Waals surface area contributed by atoms with Gasteiger partial charge in [-0.2, -0.15) is 0 Å². The zero-order valence-electron chi connectivity index (χ0n) is 9.23. The third-order valence-electron chi connectivity index (χ3n) is 2.83. The van der Waals surface area contributed by atoms with Crippen LogP contribution in [0.15, 0.2) is 24.3 Å². The molecule has 0 spiro atoms. The zero-order chi connectivity index (χ0) is 11.5. The second kappa shape index (κ2) is 4.53. The number of hydrogen-bond donors (Lipinski definition) is 3. The maximum Gasteiger partial charge on any atom is 0.315 e. The van der Waals surface area contributed by atoms with Crippen molar-refractivity contribution in [1.82, 2.24) is 10.6 Å². The van der Waals surface area contributed by atoms with E-state index in [0.29, 0.717) is 13.0 Å². The lowest BCUT2D eigenvalue weighted by Crippen LogP contribution is -2.40. The summed E-state index contributed by atoms with van der Waals surface area (Å²) >= 11 is 0. The SMILES string of the molecule is CCNC(=O)NC1c2ccccc2CC1O. The Labute approximate surface area is 94.7 Å². The molecule has 4 heteroatoms. The van der Waals surface area contributed by atoms with Gasteiger partial charge in [0.2, 0.25) is 0 Å². The highest BCUT2D eigenvalue weighted by atomic mass is 16.3. The molecule has 0 heterocycles.